The summed E-state index contributed by atoms with van der Waals surface area (Å²) in [6, 6.07) is 5.38. The maximum atomic E-state index is 12.3. The fraction of sp³-hybridized carbons (Fsp3) is 0.250. The third-order valence-electron chi connectivity index (χ3n) is 3.88. The molecule has 3 aromatic rings. The highest BCUT2D eigenvalue weighted by molar-refractivity contribution is 5.95. The average molecular weight is 326 g/mol. The Kier molecular flexibility index (Phi) is 3.30. The quantitative estimate of drug-likeness (QED) is 0.787. The number of hydrogen-bond donors (Lipinski definition) is 1. The van der Waals surface area contributed by atoms with Crippen LogP contribution in [0, 0.1) is 13.8 Å². The van der Waals surface area contributed by atoms with E-state index in [9.17, 15) is 4.79 Å². The second-order valence-corrected chi connectivity index (χ2v) is 5.54. The molecule has 1 unspecified atom stereocenters. The van der Waals surface area contributed by atoms with E-state index in [1.54, 1.807) is 13.8 Å². The molecule has 1 amide bonds. The minimum atomic E-state index is -0.243. The Labute approximate surface area is 136 Å². The van der Waals surface area contributed by atoms with Crippen LogP contribution in [0.1, 0.15) is 33.5 Å². The summed E-state index contributed by atoms with van der Waals surface area (Å²) in [5, 5.41) is 10.5. The maximum Gasteiger partial charge on any atom is 0.257 e. The van der Waals surface area contributed by atoms with Crippen molar-refractivity contribution in [1.82, 2.24) is 20.6 Å². The van der Waals surface area contributed by atoms with Crippen molar-refractivity contribution < 1.29 is 18.6 Å². The van der Waals surface area contributed by atoms with Crippen molar-refractivity contribution in [3.63, 3.8) is 0 Å². The molecule has 8 heteroatoms. The number of rotatable bonds is 3. The maximum absolute atomic E-state index is 12.3. The van der Waals surface area contributed by atoms with Crippen LogP contribution in [0.3, 0.4) is 0 Å². The average Bonchev–Trinajstić information content (AvgIpc) is 3.27. The SMILES string of the molecule is Cc1nc(-c2ccc3c(c2)OCC3NC(=O)c2conc2C)no1. The Bertz CT molecular complexity index is 914. The fourth-order valence-electron chi connectivity index (χ4n) is 2.63. The number of carbonyl (C=O) groups is 1. The lowest BCUT2D eigenvalue weighted by Gasteiger charge is -2.11. The van der Waals surface area contributed by atoms with Crippen LogP contribution in [0.5, 0.6) is 5.75 Å². The fourth-order valence-corrected chi connectivity index (χ4v) is 2.63. The summed E-state index contributed by atoms with van der Waals surface area (Å²) < 4.78 is 15.5. The standard InChI is InChI=1S/C16H14N4O4/c1-8-12(6-23-19-8)16(21)18-13-7-22-14-5-10(3-4-11(13)14)15-17-9(2)24-20-15/h3-6,13H,7H2,1-2H3,(H,18,21). The van der Waals surface area contributed by atoms with Gasteiger partial charge in [-0.15, -0.1) is 0 Å². The molecule has 8 nitrogen and oxygen atoms in total. The van der Waals surface area contributed by atoms with Gasteiger partial charge in [-0.3, -0.25) is 4.79 Å². The first-order valence-corrected chi connectivity index (χ1v) is 7.41. The molecule has 122 valence electrons. The van der Waals surface area contributed by atoms with E-state index >= 15 is 0 Å². The predicted octanol–water partition coefficient (Wildman–Crippen LogP) is 2.20. The van der Waals surface area contributed by atoms with Gasteiger partial charge in [0.05, 0.1) is 11.7 Å². The number of ether oxygens (including phenoxy) is 1. The van der Waals surface area contributed by atoms with Gasteiger partial charge in [0.25, 0.3) is 5.91 Å². The second-order valence-electron chi connectivity index (χ2n) is 5.54. The number of hydrogen-bond acceptors (Lipinski definition) is 7. The van der Waals surface area contributed by atoms with Crippen molar-refractivity contribution in [1.29, 1.82) is 0 Å². The van der Waals surface area contributed by atoms with Gasteiger partial charge in [0.2, 0.25) is 11.7 Å². The van der Waals surface area contributed by atoms with Gasteiger partial charge in [0, 0.05) is 18.1 Å². The molecular formula is C16H14N4O4. The van der Waals surface area contributed by atoms with E-state index in [0.717, 1.165) is 11.1 Å². The number of carbonyl (C=O) groups excluding carboxylic acids is 1. The molecule has 24 heavy (non-hydrogen) atoms. The Morgan fingerprint density at radius 3 is 2.88 bits per heavy atom. The van der Waals surface area contributed by atoms with Crippen LogP contribution in [0.4, 0.5) is 0 Å². The third-order valence-corrected chi connectivity index (χ3v) is 3.88. The molecule has 1 aliphatic rings. The molecule has 0 radical (unpaired) electrons. The summed E-state index contributed by atoms with van der Waals surface area (Å²) in [5.41, 5.74) is 2.67. The largest absolute Gasteiger partial charge is 0.491 e. The molecular weight excluding hydrogens is 312 g/mol. The summed E-state index contributed by atoms with van der Waals surface area (Å²) >= 11 is 0. The van der Waals surface area contributed by atoms with Crippen LogP contribution in [-0.4, -0.2) is 27.8 Å². The summed E-state index contributed by atoms with van der Waals surface area (Å²) in [7, 11) is 0. The number of benzene rings is 1. The normalized spacial score (nSPS) is 15.8. The van der Waals surface area contributed by atoms with Crippen molar-refractivity contribution in [3.8, 4) is 17.1 Å². The number of nitrogens with one attached hydrogen (secondary N) is 1. The number of aryl methyl sites for hydroxylation is 2. The van der Waals surface area contributed by atoms with Gasteiger partial charge in [0.15, 0.2) is 0 Å². The summed E-state index contributed by atoms with van der Waals surface area (Å²) in [6.45, 7) is 3.81. The molecule has 1 atom stereocenters. The first-order valence-electron chi connectivity index (χ1n) is 7.41. The van der Waals surface area contributed by atoms with Crippen molar-refractivity contribution in [2.75, 3.05) is 6.61 Å². The van der Waals surface area contributed by atoms with Gasteiger partial charge < -0.3 is 19.1 Å². The molecule has 2 aromatic heterocycles. The van der Waals surface area contributed by atoms with Crippen LogP contribution < -0.4 is 10.1 Å². The molecule has 1 aliphatic heterocycles. The predicted molar refractivity (Wildman–Crippen MR) is 81.4 cm³/mol. The van der Waals surface area contributed by atoms with E-state index < -0.39 is 0 Å². The Balaban J connectivity index is 1.56. The van der Waals surface area contributed by atoms with E-state index in [1.165, 1.54) is 6.26 Å². The smallest absolute Gasteiger partial charge is 0.257 e. The molecule has 0 bridgehead atoms. The first-order chi connectivity index (χ1) is 11.6. The molecule has 0 saturated heterocycles. The lowest BCUT2D eigenvalue weighted by atomic mass is 10.1. The summed E-state index contributed by atoms with van der Waals surface area (Å²) in [4.78, 5) is 16.5. The van der Waals surface area contributed by atoms with E-state index in [-0.39, 0.29) is 11.9 Å². The monoisotopic (exact) mass is 326 g/mol. The van der Waals surface area contributed by atoms with Gasteiger partial charge in [0.1, 0.15) is 24.2 Å². The highest BCUT2D eigenvalue weighted by Gasteiger charge is 2.27. The lowest BCUT2D eigenvalue weighted by molar-refractivity contribution is 0.0929. The molecule has 0 fully saturated rings. The lowest BCUT2D eigenvalue weighted by Crippen LogP contribution is -2.29. The summed E-state index contributed by atoms with van der Waals surface area (Å²) in [5.74, 6) is 1.46. The van der Waals surface area contributed by atoms with E-state index in [1.807, 2.05) is 18.2 Å². The molecule has 1 N–H and O–H groups in total. The van der Waals surface area contributed by atoms with E-state index in [4.69, 9.17) is 13.8 Å². The van der Waals surface area contributed by atoms with Crippen molar-refractivity contribution >= 4 is 5.91 Å². The zero-order valence-electron chi connectivity index (χ0n) is 13.1. The minimum absolute atomic E-state index is 0.233. The third kappa shape index (κ3) is 2.41. The van der Waals surface area contributed by atoms with Crippen LogP contribution >= 0.6 is 0 Å². The molecule has 4 rings (SSSR count). The number of fused-ring (bicyclic) bond motifs is 1. The topological polar surface area (TPSA) is 103 Å². The van der Waals surface area contributed by atoms with Gasteiger partial charge >= 0.3 is 0 Å². The highest BCUT2D eigenvalue weighted by atomic mass is 16.5. The van der Waals surface area contributed by atoms with E-state index in [0.29, 0.717) is 35.3 Å². The van der Waals surface area contributed by atoms with Gasteiger partial charge in [-0.25, -0.2) is 0 Å². The van der Waals surface area contributed by atoms with Crippen molar-refractivity contribution in [2.45, 2.75) is 19.9 Å². The molecule has 3 heterocycles. The Morgan fingerprint density at radius 1 is 1.29 bits per heavy atom. The molecule has 0 aliphatic carbocycles. The van der Waals surface area contributed by atoms with Crippen molar-refractivity contribution in [2.24, 2.45) is 0 Å². The number of nitrogens with zero attached hydrogens (tertiary/aromatic N) is 3. The molecule has 1 aromatic carbocycles. The van der Waals surface area contributed by atoms with Crippen LogP contribution in [0.2, 0.25) is 0 Å². The molecule has 0 spiro atoms. The minimum Gasteiger partial charge on any atom is -0.491 e. The van der Waals surface area contributed by atoms with Gasteiger partial charge in [-0.2, -0.15) is 4.98 Å². The van der Waals surface area contributed by atoms with Crippen LogP contribution in [0.25, 0.3) is 11.4 Å². The summed E-state index contributed by atoms with van der Waals surface area (Å²) in [6.07, 6.45) is 1.34. The Morgan fingerprint density at radius 2 is 2.17 bits per heavy atom. The van der Waals surface area contributed by atoms with Gasteiger partial charge in [-0.05, 0) is 13.0 Å². The van der Waals surface area contributed by atoms with E-state index in [2.05, 4.69) is 20.6 Å². The zero-order chi connectivity index (χ0) is 16.7. The Hall–Kier alpha value is -3.16. The second kappa shape index (κ2) is 5.48. The van der Waals surface area contributed by atoms with Gasteiger partial charge in [-0.1, -0.05) is 22.4 Å². The number of aromatic nitrogens is 3. The number of amides is 1. The van der Waals surface area contributed by atoms with Crippen LogP contribution in [-0.2, 0) is 0 Å². The van der Waals surface area contributed by atoms with Crippen LogP contribution in [0.15, 0.2) is 33.5 Å². The first kappa shape index (κ1) is 14.4. The zero-order valence-corrected chi connectivity index (χ0v) is 13.1. The highest BCUT2D eigenvalue weighted by Crippen LogP contribution is 2.35. The van der Waals surface area contributed by atoms with Crippen molar-refractivity contribution in [3.05, 3.63) is 47.2 Å². The molecule has 0 saturated carbocycles.